The van der Waals surface area contributed by atoms with Crippen LogP contribution in [0.1, 0.15) is 53.1 Å². The van der Waals surface area contributed by atoms with Crippen LogP contribution in [0.15, 0.2) is 83.9 Å². The highest BCUT2D eigenvalue weighted by molar-refractivity contribution is 6.06. The summed E-state index contributed by atoms with van der Waals surface area (Å²) >= 11 is 0. The molecule has 27 heavy (non-hydrogen) atoms. The van der Waals surface area contributed by atoms with Gasteiger partial charge in [0.25, 0.3) is 0 Å². The summed E-state index contributed by atoms with van der Waals surface area (Å²) in [6.07, 6.45) is -0.561. The summed E-state index contributed by atoms with van der Waals surface area (Å²) in [7, 11) is 0. The van der Waals surface area contributed by atoms with Crippen molar-refractivity contribution in [1.29, 1.82) is 0 Å². The van der Waals surface area contributed by atoms with Gasteiger partial charge < -0.3 is 5.11 Å². The number of rotatable bonds is 4. The molecule has 0 saturated heterocycles. The van der Waals surface area contributed by atoms with Gasteiger partial charge in [0, 0.05) is 0 Å². The molecule has 0 bridgehead atoms. The van der Waals surface area contributed by atoms with Crippen LogP contribution in [0.4, 0.5) is 0 Å². The Balaban J connectivity index is 1.71. The molecule has 136 valence electrons. The van der Waals surface area contributed by atoms with Gasteiger partial charge in [-0.3, -0.25) is 10.3 Å². The Labute approximate surface area is 160 Å². The Morgan fingerprint density at radius 1 is 0.852 bits per heavy atom. The predicted octanol–water partition coefficient (Wildman–Crippen LogP) is 4.88. The van der Waals surface area contributed by atoms with Gasteiger partial charge in [-0.25, -0.2) is 0 Å². The number of benzene rings is 3. The first-order valence-electron chi connectivity index (χ1n) is 9.35. The van der Waals surface area contributed by atoms with Crippen molar-refractivity contribution in [2.24, 2.45) is 4.99 Å². The van der Waals surface area contributed by atoms with Crippen LogP contribution in [0, 0.1) is 6.92 Å². The molecule has 3 nitrogen and oxygen atoms in total. The first kappa shape index (κ1) is 17.7. The van der Waals surface area contributed by atoms with Gasteiger partial charge >= 0.3 is 0 Å². The van der Waals surface area contributed by atoms with E-state index in [9.17, 15) is 5.11 Å². The Bertz CT molecular complexity index is 928. The van der Waals surface area contributed by atoms with Crippen molar-refractivity contribution in [3.63, 3.8) is 0 Å². The fourth-order valence-electron chi connectivity index (χ4n) is 3.48. The van der Waals surface area contributed by atoms with E-state index in [4.69, 9.17) is 4.99 Å². The van der Waals surface area contributed by atoms with E-state index in [1.54, 1.807) is 6.92 Å². The van der Waals surface area contributed by atoms with Gasteiger partial charge in [0.15, 0.2) is 0 Å². The molecule has 3 atom stereocenters. The van der Waals surface area contributed by atoms with Crippen LogP contribution in [-0.4, -0.2) is 10.8 Å². The summed E-state index contributed by atoms with van der Waals surface area (Å²) in [5, 5.41) is 13.4. The van der Waals surface area contributed by atoms with Gasteiger partial charge in [-0.05, 0) is 36.1 Å². The van der Waals surface area contributed by atoms with E-state index in [1.807, 2.05) is 30.3 Å². The lowest BCUT2D eigenvalue weighted by Gasteiger charge is -2.17. The van der Waals surface area contributed by atoms with Crippen LogP contribution in [0.3, 0.4) is 0 Å². The summed E-state index contributed by atoms with van der Waals surface area (Å²) in [5.41, 5.74) is 6.67. The average Bonchev–Trinajstić information content (AvgIpc) is 3.15. The second kappa shape index (κ2) is 7.47. The predicted molar refractivity (Wildman–Crippen MR) is 110 cm³/mol. The zero-order valence-corrected chi connectivity index (χ0v) is 15.6. The van der Waals surface area contributed by atoms with Gasteiger partial charge in [0.05, 0.1) is 17.9 Å². The largest absolute Gasteiger partial charge is 0.389 e. The average molecular weight is 356 g/mol. The van der Waals surface area contributed by atoms with Crippen LogP contribution in [0.25, 0.3) is 0 Å². The maximum Gasteiger partial charge on any atom is 0.126 e. The standard InChI is InChI=1S/C24H24N2O/c1-16-8-10-20(11-9-16)23-22(19-6-4-3-5-7-19)25-24(26-23)21-14-12-18(13-15-21)17(2)27/h3-15,17,22,24-25,27H,1-2H3. The highest BCUT2D eigenvalue weighted by Crippen LogP contribution is 2.32. The van der Waals surface area contributed by atoms with E-state index in [0.29, 0.717) is 0 Å². The molecular weight excluding hydrogens is 332 g/mol. The van der Waals surface area contributed by atoms with Crippen molar-refractivity contribution >= 4 is 5.71 Å². The van der Waals surface area contributed by atoms with Crippen LogP contribution in [-0.2, 0) is 0 Å². The zero-order valence-electron chi connectivity index (χ0n) is 15.6. The normalized spacial score (nSPS) is 20.3. The summed E-state index contributed by atoms with van der Waals surface area (Å²) in [5.74, 6) is 0. The van der Waals surface area contributed by atoms with Crippen molar-refractivity contribution < 1.29 is 5.11 Å². The Morgan fingerprint density at radius 3 is 2.15 bits per heavy atom. The molecule has 0 spiro atoms. The van der Waals surface area contributed by atoms with Gasteiger partial charge in [-0.15, -0.1) is 0 Å². The molecule has 1 aliphatic heterocycles. The minimum atomic E-state index is -0.459. The highest BCUT2D eigenvalue weighted by atomic mass is 16.3. The third-order valence-electron chi connectivity index (χ3n) is 5.08. The number of nitrogens with one attached hydrogen (secondary N) is 1. The minimum absolute atomic E-state index is 0.0512. The molecule has 0 radical (unpaired) electrons. The second-order valence-corrected chi connectivity index (χ2v) is 7.14. The molecule has 0 fully saturated rings. The molecule has 3 aromatic carbocycles. The maximum absolute atomic E-state index is 9.74. The lowest BCUT2D eigenvalue weighted by Crippen LogP contribution is -2.24. The first-order chi connectivity index (χ1) is 13.1. The minimum Gasteiger partial charge on any atom is -0.389 e. The van der Waals surface area contributed by atoms with E-state index in [0.717, 1.165) is 22.4 Å². The van der Waals surface area contributed by atoms with E-state index < -0.39 is 6.10 Å². The van der Waals surface area contributed by atoms with Crippen LogP contribution in [0.2, 0.25) is 0 Å². The number of hydrogen-bond acceptors (Lipinski definition) is 3. The number of aliphatic imine (C=N–C) groups is 1. The van der Waals surface area contributed by atoms with Gasteiger partial charge in [0.2, 0.25) is 0 Å². The van der Waals surface area contributed by atoms with Crippen LogP contribution < -0.4 is 5.32 Å². The molecule has 1 aliphatic rings. The van der Waals surface area contributed by atoms with Crippen molar-refractivity contribution in [3.05, 3.63) is 107 Å². The SMILES string of the molecule is Cc1ccc(C2=NC(c3ccc(C(C)O)cc3)NC2c2ccccc2)cc1. The summed E-state index contributed by atoms with van der Waals surface area (Å²) < 4.78 is 0. The number of aliphatic hydroxyl groups excluding tert-OH is 1. The Kier molecular flexibility index (Phi) is 4.88. The summed E-state index contributed by atoms with van der Waals surface area (Å²) in [4.78, 5) is 5.03. The number of nitrogens with zero attached hydrogens (tertiary/aromatic N) is 1. The van der Waals surface area contributed by atoms with Gasteiger partial charge in [-0.2, -0.15) is 0 Å². The molecule has 0 aliphatic carbocycles. The molecule has 1 heterocycles. The Hall–Kier alpha value is -2.75. The third-order valence-corrected chi connectivity index (χ3v) is 5.08. The van der Waals surface area contributed by atoms with Crippen LogP contribution in [0.5, 0.6) is 0 Å². The number of hydrogen-bond donors (Lipinski definition) is 2. The summed E-state index contributed by atoms with van der Waals surface area (Å²) in [6, 6.07) is 27.1. The smallest absolute Gasteiger partial charge is 0.126 e. The van der Waals surface area contributed by atoms with Crippen molar-refractivity contribution in [1.82, 2.24) is 5.32 Å². The fourth-order valence-corrected chi connectivity index (χ4v) is 3.48. The topological polar surface area (TPSA) is 44.6 Å². The lowest BCUT2D eigenvalue weighted by molar-refractivity contribution is 0.199. The molecule has 0 amide bonds. The van der Waals surface area contributed by atoms with Gasteiger partial charge in [0.1, 0.15) is 6.17 Å². The molecule has 2 N–H and O–H groups in total. The Morgan fingerprint density at radius 2 is 1.52 bits per heavy atom. The monoisotopic (exact) mass is 356 g/mol. The molecule has 0 aromatic heterocycles. The van der Waals surface area contributed by atoms with E-state index >= 15 is 0 Å². The number of aliphatic hydroxyl groups is 1. The second-order valence-electron chi connectivity index (χ2n) is 7.14. The van der Waals surface area contributed by atoms with Crippen molar-refractivity contribution in [2.75, 3.05) is 0 Å². The molecule has 0 saturated carbocycles. The molecule has 3 aromatic rings. The maximum atomic E-state index is 9.74. The van der Waals surface area contributed by atoms with Crippen molar-refractivity contribution in [3.8, 4) is 0 Å². The van der Waals surface area contributed by atoms with Crippen molar-refractivity contribution in [2.45, 2.75) is 32.2 Å². The molecular formula is C24H24N2O. The van der Waals surface area contributed by atoms with Crippen LogP contribution >= 0.6 is 0 Å². The van der Waals surface area contributed by atoms with E-state index in [-0.39, 0.29) is 12.2 Å². The molecule has 4 rings (SSSR count). The molecule has 3 heteroatoms. The molecule has 3 unspecified atom stereocenters. The fraction of sp³-hybridized carbons (Fsp3) is 0.208. The van der Waals surface area contributed by atoms with Gasteiger partial charge in [-0.1, -0.05) is 84.4 Å². The zero-order chi connectivity index (χ0) is 18.8. The number of aryl methyl sites for hydroxylation is 1. The quantitative estimate of drug-likeness (QED) is 0.700. The first-order valence-corrected chi connectivity index (χ1v) is 9.35. The lowest BCUT2D eigenvalue weighted by atomic mass is 9.97. The van der Waals surface area contributed by atoms with E-state index in [2.05, 4.69) is 60.8 Å². The highest BCUT2D eigenvalue weighted by Gasteiger charge is 2.30. The summed E-state index contributed by atoms with van der Waals surface area (Å²) in [6.45, 7) is 3.88. The third kappa shape index (κ3) is 3.70. The van der Waals surface area contributed by atoms with E-state index in [1.165, 1.54) is 11.1 Å².